The summed E-state index contributed by atoms with van der Waals surface area (Å²) < 4.78 is 10.0. The van der Waals surface area contributed by atoms with Gasteiger partial charge in [-0.25, -0.2) is 14.5 Å². The minimum absolute atomic E-state index is 0.0777. The first-order valence-corrected chi connectivity index (χ1v) is 12.8. The Morgan fingerprint density at radius 1 is 0.868 bits per heavy atom. The number of rotatable bonds is 10. The number of methoxy groups -OCH3 is 1. The predicted molar refractivity (Wildman–Crippen MR) is 145 cm³/mol. The van der Waals surface area contributed by atoms with Crippen molar-refractivity contribution >= 4 is 46.9 Å². The summed E-state index contributed by atoms with van der Waals surface area (Å²) in [6, 6.07) is 21.8. The van der Waals surface area contributed by atoms with E-state index in [9.17, 15) is 19.2 Å². The molecule has 1 N–H and O–H groups in total. The topological polar surface area (TPSA) is 102 Å². The number of amides is 2. The Morgan fingerprint density at radius 3 is 2.29 bits per heavy atom. The van der Waals surface area contributed by atoms with E-state index < -0.39 is 23.8 Å². The molecule has 0 saturated carbocycles. The van der Waals surface area contributed by atoms with Crippen molar-refractivity contribution in [1.29, 1.82) is 0 Å². The number of imide groups is 1. The Hall–Kier alpha value is -4.37. The van der Waals surface area contributed by atoms with Gasteiger partial charge in [-0.05, 0) is 61.0 Å². The molecule has 194 valence electrons. The van der Waals surface area contributed by atoms with Crippen molar-refractivity contribution in [3.63, 3.8) is 0 Å². The maximum atomic E-state index is 13.6. The van der Waals surface area contributed by atoms with E-state index in [1.807, 2.05) is 37.3 Å². The molecule has 0 radical (unpaired) electrons. The van der Waals surface area contributed by atoms with Crippen LogP contribution in [0.3, 0.4) is 0 Å². The van der Waals surface area contributed by atoms with Crippen molar-refractivity contribution in [2.24, 2.45) is 0 Å². The quantitative estimate of drug-likeness (QED) is 0.211. The summed E-state index contributed by atoms with van der Waals surface area (Å²) in [5, 5.41) is 3.03. The molecule has 0 aliphatic carbocycles. The number of esters is 2. The number of carbonyl (C=O) groups excluding carboxylic acids is 4. The molecule has 0 aromatic heterocycles. The third-order valence-corrected chi connectivity index (χ3v) is 6.74. The zero-order valence-electron chi connectivity index (χ0n) is 20.9. The molecule has 1 heterocycles. The van der Waals surface area contributed by atoms with Crippen LogP contribution in [0.4, 0.5) is 11.4 Å². The second kappa shape index (κ2) is 12.2. The van der Waals surface area contributed by atoms with E-state index in [0.717, 1.165) is 34.4 Å². The zero-order chi connectivity index (χ0) is 27.1. The van der Waals surface area contributed by atoms with Crippen LogP contribution < -0.4 is 10.2 Å². The van der Waals surface area contributed by atoms with Crippen molar-refractivity contribution in [2.75, 3.05) is 23.9 Å². The molecule has 4 rings (SSSR count). The summed E-state index contributed by atoms with van der Waals surface area (Å²) in [5.74, 6) is -2.05. The zero-order valence-corrected chi connectivity index (χ0v) is 21.7. The number of unbranched alkanes of at least 4 members (excludes halogenated alkanes) is 1. The van der Waals surface area contributed by atoms with Gasteiger partial charge < -0.3 is 14.8 Å². The fourth-order valence-corrected chi connectivity index (χ4v) is 4.63. The molecule has 8 nitrogen and oxygen atoms in total. The van der Waals surface area contributed by atoms with Gasteiger partial charge in [-0.15, -0.1) is 0 Å². The third-order valence-electron chi connectivity index (χ3n) is 5.65. The number of benzene rings is 3. The SMILES string of the molecule is CCCCOC(=O)c1ccc(N2C(=O)C(Nc3cccc(C(=O)OC)c3)=C(Sc3ccccc3)C2=O)cc1. The van der Waals surface area contributed by atoms with Gasteiger partial charge in [0.1, 0.15) is 10.6 Å². The van der Waals surface area contributed by atoms with Gasteiger partial charge in [0.2, 0.25) is 0 Å². The van der Waals surface area contributed by atoms with Crippen LogP contribution >= 0.6 is 11.8 Å². The summed E-state index contributed by atoms with van der Waals surface area (Å²) in [4.78, 5) is 53.4. The molecular formula is C29H26N2O6S. The van der Waals surface area contributed by atoms with Crippen LogP contribution in [0.25, 0.3) is 0 Å². The summed E-state index contributed by atoms with van der Waals surface area (Å²) in [7, 11) is 1.28. The lowest BCUT2D eigenvalue weighted by atomic mass is 10.2. The van der Waals surface area contributed by atoms with E-state index in [0.29, 0.717) is 29.1 Å². The average Bonchev–Trinajstić information content (AvgIpc) is 3.17. The van der Waals surface area contributed by atoms with Crippen molar-refractivity contribution in [3.8, 4) is 0 Å². The first-order valence-electron chi connectivity index (χ1n) is 12.0. The van der Waals surface area contributed by atoms with Crippen LogP contribution in [0.1, 0.15) is 40.5 Å². The highest BCUT2D eigenvalue weighted by atomic mass is 32.2. The van der Waals surface area contributed by atoms with Crippen molar-refractivity contribution in [2.45, 2.75) is 24.7 Å². The average molecular weight is 531 g/mol. The first-order chi connectivity index (χ1) is 18.4. The van der Waals surface area contributed by atoms with E-state index in [4.69, 9.17) is 9.47 Å². The smallest absolute Gasteiger partial charge is 0.338 e. The number of hydrogen-bond donors (Lipinski definition) is 1. The number of nitrogens with zero attached hydrogens (tertiary/aromatic N) is 1. The monoisotopic (exact) mass is 530 g/mol. The Labute approximate surface area is 224 Å². The molecule has 2 amide bonds. The van der Waals surface area contributed by atoms with Gasteiger partial charge in [-0.2, -0.15) is 0 Å². The summed E-state index contributed by atoms with van der Waals surface area (Å²) in [5.41, 5.74) is 1.46. The molecule has 3 aromatic carbocycles. The van der Waals surface area contributed by atoms with Gasteiger partial charge in [0.05, 0.1) is 30.5 Å². The highest BCUT2D eigenvalue weighted by Gasteiger charge is 2.40. The molecule has 9 heteroatoms. The largest absolute Gasteiger partial charge is 0.465 e. The van der Waals surface area contributed by atoms with E-state index in [1.54, 1.807) is 24.3 Å². The Bertz CT molecular complexity index is 1390. The highest BCUT2D eigenvalue weighted by Crippen LogP contribution is 2.38. The molecule has 0 atom stereocenters. The first kappa shape index (κ1) is 26.7. The number of hydrogen-bond acceptors (Lipinski definition) is 8. The lowest BCUT2D eigenvalue weighted by Crippen LogP contribution is -2.32. The molecule has 0 fully saturated rings. The van der Waals surface area contributed by atoms with Crippen LogP contribution in [-0.2, 0) is 19.1 Å². The number of ether oxygens (including phenoxy) is 2. The molecule has 3 aromatic rings. The lowest BCUT2D eigenvalue weighted by Gasteiger charge is -2.16. The normalized spacial score (nSPS) is 13.1. The summed E-state index contributed by atoms with van der Waals surface area (Å²) in [6.45, 7) is 2.33. The Kier molecular flexibility index (Phi) is 8.60. The van der Waals surface area contributed by atoms with E-state index in [1.165, 1.54) is 31.4 Å². The Balaban J connectivity index is 1.64. The summed E-state index contributed by atoms with van der Waals surface area (Å²) >= 11 is 1.16. The highest BCUT2D eigenvalue weighted by molar-refractivity contribution is 8.04. The number of anilines is 2. The fourth-order valence-electron chi connectivity index (χ4n) is 3.68. The summed E-state index contributed by atoms with van der Waals surface area (Å²) in [6.07, 6.45) is 1.68. The van der Waals surface area contributed by atoms with Crippen LogP contribution in [-0.4, -0.2) is 37.5 Å². The van der Waals surface area contributed by atoms with E-state index in [2.05, 4.69) is 5.32 Å². The molecule has 38 heavy (non-hydrogen) atoms. The number of carbonyl (C=O) groups is 4. The minimum Gasteiger partial charge on any atom is -0.465 e. The Morgan fingerprint density at radius 2 is 1.61 bits per heavy atom. The molecule has 1 aliphatic heterocycles. The van der Waals surface area contributed by atoms with Crippen LogP contribution in [0.2, 0.25) is 0 Å². The van der Waals surface area contributed by atoms with E-state index in [-0.39, 0.29) is 10.6 Å². The second-order valence-corrected chi connectivity index (χ2v) is 9.38. The van der Waals surface area contributed by atoms with Crippen molar-refractivity contribution in [1.82, 2.24) is 0 Å². The van der Waals surface area contributed by atoms with Crippen LogP contribution in [0.5, 0.6) is 0 Å². The second-order valence-electron chi connectivity index (χ2n) is 8.30. The number of thioether (sulfide) groups is 1. The number of nitrogens with one attached hydrogen (secondary N) is 1. The standard InChI is InChI=1S/C29H26N2O6S/c1-3-4-17-37-29(35)19-13-15-22(16-14-19)31-26(32)24(25(27(31)33)38-23-11-6-5-7-12-23)30-21-10-8-9-20(18-21)28(34)36-2/h5-16,18,30H,3-4,17H2,1-2H3. The van der Waals surface area contributed by atoms with Crippen molar-refractivity contribution in [3.05, 3.63) is 101 Å². The fraction of sp³-hybridized carbons (Fsp3) is 0.172. The molecule has 0 saturated heterocycles. The van der Waals surface area contributed by atoms with Crippen LogP contribution in [0, 0.1) is 0 Å². The van der Waals surface area contributed by atoms with Gasteiger partial charge >= 0.3 is 11.9 Å². The molecule has 1 aliphatic rings. The predicted octanol–water partition coefficient (Wildman–Crippen LogP) is 5.42. The molecular weight excluding hydrogens is 504 g/mol. The molecule has 0 unspecified atom stereocenters. The maximum Gasteiger partial charge on any atom is 0.338 e. The molecule has 0 spiro atoms. The maximum absolute atomic E-state index is 13.6. The van der Waals surface area contributed by atoms with Gasteiger partial charge in [-0.1, -0.05) is 49.4 Å². The van der Waals surface area contributed by atoms with Crippen LogP contribution in [0.15, 0.2) is 94.4 Å². The minimum atomic E-state index is -0.560. The molecule has 0 bridgehead atoms. The van der Waals surface area contributed by atoms with Gasteiger partial charge in [0, 0.05) is 10.6 Å². The third kappa shape index (κ3) is 5.95. The van der Waals surface area contributed by atoms with Gasteiger partial charge in [0.25, 0.3) is 11.8 Å². The van der Waals surface area contributed by atoms with Gasteiger partial charge in [0.15, 0.2) is 0 Å². The van der Waals surface area contributed by atoms with Gasteiger partial charge in [-0.3, -0.25) is 9.59 Å². The van der Waals surface area contributed by atoms with Crippen molar-refractivity contribution < 1.29 is 28.7 Å². The lowest BCUT2D eigenvalue weighted by molar-refractivity contribution is -0.120. The van der Waals surface area contributed by atoms with E-state index >= 15 is 0 Å².